The Morgan fingerprint density at radius 3 is 3.00 bits per heavy atom. The van der Waals surface area contributed by atoms with Crippen LogP contribution >= 0.6 is 11.3 Å². The van der Waals surface area contributed by atoms with Gasteiger partial charge in [0.25, 0.3) is 0 Å². The van der Waals surface area contributed by atoms with Crippen molar-refractivity contribution in [2.75, 3.05) is 13.1 Å². The molecule has 2 aromatic rings. The quantitative estimate of drug-likeness (QED) is 0.938. The third-order valence-corrected chi connectivity index (χ3v) is 4.89. The van der Waals surface area contributed by atoms with Crippen molar-refractivity contribution in [1.82, 2.24) is 15.0 Å². The first-order valence-electron chi connectivity index (χ1n) is 6.94. The Hall–Kier alpha value is -1.24. The van der Waals surface area contributed by atoms with Gasteiger partial charge in [0, 0.05) is 6.54 Å². The molecule has 1 N–H and O–H groups in total. The maximum atomic E-state index is 9.67. The van der Waals surface area contributed by atoms with E-state index < -0.39 is 0 Å². The van der Waals surface area contributed by atoms with Crippen LogP contribution in [0.2, 0.25) is 0 Å². The summed E-state index contributed by atoms with van der Waals surface area (Å²) >= 11 is 1.61. The van der Waals surface area contributed by atoms with Crippen LogP contribution in [-0.4, -0.2) is 39.3 Å². The number of thiophene rings is 1. The van der Waals surface area contributed by atoms with Crippen molar-refractivity contribution in [2.45, 2.75) is 32.4 Å². The van der Waals surface area contributed by atoms with Gasteiger partial charge in [-0.25, -0.2) is 0 Å². The zero-order valence-corrected chi connectivity index (χ0v) is 12.5. The lowest BCUT2D eigenvalue weighted by Gasteiger charge is -2.21. The maximum Gasteiger partial charge on any atom is 0.244 e. The number of aliphatic hydroxyl groups is 1. The number of hydrogen-bond acceptors (Lipinski definition) is 6. The van der Waals surface area contributed by atoms with Gasteiger partial charge < -0.3 is 9.63 Å². The third kappa shape index (κ3) is 2.63. The molecule has 0 bridgehead atoms. The Labute approximate surface area is 122 Å². The predicted octanol–water partition coefficient (Wildman–Crippen LogP) is 2.56. The summed E-state index contributed by atoms with van der Waals surface area (Å²) in [7, 11) is 0. The van der Waals surface area contributed by atoms with Crippen LogP contribution in [0.3, 0.4) is 0 Å². The van der Waals surface area contributed by atoms with Crippen molar-refractivity contribution in [3.63, 3.8) is 0 Å². The molecule has 108 valence electrons. The molecule has 3 atom stereocenters. The van der Waals surface area contributed by atoms with Crippen molar-refractivity contribution < 1.29 is 9.63 Å². The van der Waals surface area contributed by atoms with Crippen molar-refractivity contribution >= 4 is 11.3 Å². The predicted molar refractivity (Wildman–Crippen MR) is 77.4 cm³/mol. The van der Waals surface area contributed by atoms with Gasteiger partial charge in [-0.1, -0.05) is 11.2 Å². The highest BCUT2D eigenvalue weighted by Crippen LogP contribution is 2.29. The summed E-state index contributed by atoms with van der Waals surface area (Å²) < 4.78 is 5.40. The Morgan fingerprint density at radius 1 is 1.50 bits per heavy atom. The lowest BCUT2D eigenvalue weighted by molar-refractivity contribution is 0.119. The van der Waals surface area contributed by atoms with E-state index in [1.54, 1.807) is 11.3 Å². The van der Waals surface area contributed by atoms with Crippen LogP contribution in [-0.2, 0) is 0 Å². The Kier molecular flexibility index (Phi) is 3.87. The summed E-state index contributed by atoms with van der Waals surface area (Å²) in [4.78, 5) is 7.81. The SMILES string of the molecule is CC(O)C1CCN(C(C)c2nc(-c3cccs3)no2)C1. The lowest BCUT2D eigenvalue weighted by atomic mass is 10.0. The minimum Gasteiger partial charge on any atom is -0.393 e. The van der Waals surface area contributed by atoms with Gasteiger partial charge in [0.15, 0.2) is 0 Å². The molecule has 1 aliphatic heterocycles. The first-order chi connectivity index (χ1) is 9.65. The molecule has 6 heteroatoms. The minimum atomic E-state index is -0.253. The zero-order chi connectivity index (χ0) is 14.1. The monoisotopic (exact) mass is 293 g/mol. The van der Waals surface area contributed by atoms with E-state index in [-0.39, 0.29) is 12.1 Å². The number of rotatable bonds is 4. The van der Waals surface area contributed by atoms with Gasteiger partial charge in [-0.2, -0.15) is 4.98 Å². The summed E-state index contributed by atoms with van der Waals surface area (Å²) in [6, 6.07) is 4.07. The molecular formula is C14H19N3O2S. The molecule has 1 aliphatic rings. The van der Waals surface area contributed by atoms with Gasteiger partial charge in [0.1, 0.15) is 0 Å². The van der Waals surface area contributed by atoms with Crippen LogP contribution in [0.4, 0.5) is 0 Å². The first-order valence-corrected chi connectivity index (χ1v) is 7.82. The van der Waals surface area contributed by atoms with E-state index in [2.05, 4.69) is 22.0 Å². The summed E-state index contributed by atoms with van der Waals surface area (Å²) in [5.74, 6) is 1.66. The van der Waals surface area contributed by atoms with E-state index >= 15 is 0 Å². The molecule has 0 radical (unpaired) electrons. The van der Waals surface area contributed by atoms with E-state index in [1.165, 1.54) is 0 Å². The molecule has 3 rings (SSSR count). The number of hydrogen-bond donors (Lipinski definition) is 1. The van der Waals surface area contributed by atoms with Gasteiger partial charge in [0.2, 0.25) is 11.7 Å². The van der Waals surface area contributed by atoms with E-state index in [0.717, 1.165) is 24.4 Å². The normalized spacial score (nSPS) is 23.1. The third-order valence-electron chi connectivity index (χ3n) is 4.03. The standard InChI is InChI=1S/C14H19N3O2S/c1-9(17-6-5-11(8-17)10(2)18)14-15-13(16-19-14)12-4-3-7-20-12/h3-4,7,9-11,18H,5-6,8H2,1-2H3. The Morgan fingerprint density at radius 2 is 2.35 bits per heavy atom. The number of aromatic nitrogens is 2. The molecule has 3 unspecified atom stereocenters. The molecule has 1 saturated heterocycles. The van der Waals surface area contributed by atoms with E-state index in [0.29, 0.717) is 17.6 Å². The summed E-state index contributed by atoms with van der Waals surface area (Å²) in [5.41, 5.74) is 0. The molecule has 5 nitrogen and oxygen atoms in total. The molecule has 1 fully saturated rings. The van der Waals surface area contributed by atoms with Gasteiger partial charge in [-0.15, -0.1) is 11.3 Å². The summed E-state index contributed by atoms with van der Waals surface area (Å²) in [6.07, 6.45) is 0.769. The average Bonchev–Trinajstić information content (AvgIpc) is 3.17. The van der Waals surface area contributed by atoms with Crippen molar-refractivity contribution in [1.29, 1.82) is 0 Å². The van der Waals surface area contributed by atoms with Gasteiger partial charge in [-0.3, -0.25) is 4.90 Å². The van der Waals surface area contributed by atoms with E-state index in [9.17, 15) is 5.11 Å². The second-order valence-electron chi connectivity index (χ2n) is 5.39. The largest absolute Gasteiger partial charge is 0.393 e. The molecule has 3 heterocycles. The van der Waals surface area contributed by atoms with Crippen LogP contribution < -0.4 is 0 Å². The van der Waals surface area contributed by atoms with Crippen molar-refractivity contribution in [3.05, 3.63) is 23.4 Å². The highest BCUT2D eigenvalue weighted by molar-refractivity contribution is 7.13. The van der Waals surface area contributed by atoms with Crippen LogP contribution in [0, 0.1) is 5.92 Å². The molecule has 0 aromatic carbocycles. The van der Waals surface area contributed by atoms with Crippen LogP contribution in [0.1, 0.15) is 32.2 Å². The highest BCUT2D eigenvalue weighted by Gasteiger charge is 2.31. The second-order valence-corrected chi connectivity index (χ2v) is 6.34. The average molecular weight is 293 g/mol. The Balaban J connectivity index is 1.70. The second kappa shape index (κ2) is 5.63. The van der Waals surface area contributed by atoms with Crippen molar-refractivity contribution in [2.24, 2.45) is 5.92 Å². The lowest BCUT2D eigenvalue weighted by Crippen LogP contribution is -2.27. The number of aliphatic hydroxyl groups excluding tert-OH is 1. The van der Waals surface area contributed by atoms with Crippen molar-refractivity contribution in [3.8, 4) is 10.7 Å². The van der Waals surface area contributed by atoms with Crippen LogP contribution in [0.5, 0.6) is 0 Å². The smallest absolute Gasteiger partial charge is 0.244 e. The van der Waals surface area contributed by atoms with Crippen LogP contribution in [0.15, 0.2) is 22.0 Å². The fraction of sp³-hybridized carbons (Fsp3) is 0.571. The highest BCUT2D eigenvalue weighted by atomic mass is 32.1. The van der Waals surface area contributed by atoms with Gasteiger partial charge in [0.05, 0.1) is 17.0 Å². The van der Waals surface area contributed by atoms with E-state index in [4.69, 9.17) is 4.52 Å². The topological polar surface area (TPSA) is 62.4 Å². The molecule has 0 saturated carbocycles. The molecule has 0 aliphatic carbocycles. The number of nitrogens with zero attached hydrogens (tertiary/aromatic N) is 3. The fourth-order valence-electron chi connectivity index (χ4n) is 2.63. The molecule has 20 heavy (non-hydrogen) atoms. The van der Waals surface area contributed by atoms with Gasteiger partial charge >= 0.3 is 0 Å². The molecule has 2 aromatic heterocycles. The molecule has 0 spiro atoms. The zero-order valence-electron chi connectivity index (χ0n) is 11.7. The first kappa shape index (κ1) is 13.7. The Bertz CT molecular complexity index is 553. The minimum absolute atomic E-state index is 0.0972. The maximum absolute atomic E-state index is 9.67. The van der Waals surface area contributed by atoms with Crippen LogP contribution in [0.25, 0.3) is 10.7 Å². The summed E-state index contributed by atoms with van der Waals surface area (Å²) in [5, 5.41) is 15.7. The van der Waals surface area contributed by atoms with E-state index in [1.807, 2.05) is 24.4 Å². The van der Waals surface area contributed by atoms with Gasteiger partial charge in [-0.05, 0) is 44.2 Å². The molecular weight excluding hydrogens is 274 g/mol. The molecule has 0 amide bonds. The summed E-state index contributed by atoms with van der Waals surface area (Å²) in [6.45, 7) is 5.79. The number of likely N-dealkylation sites (tertiary alicyclic amines) is 1. The fourth-order valence-corrected chi connectivity index (χ4v) is 3.28.